The minimum absolute atomic E-state index is 0.120. The Hall–Kier alpha value is -5.17. The number of nitrogens with one attached hydrogen (secondary N) is 1. The van der Waals surface area contributed by atoms with Gasteiger partial charge in [-0.3, -0.25) is 13.7 Å². The molecule has 0 saturated heterocycles. The van der Waals surface area contributed by atoms with Crippen LogP contribution in [-0.2, 0) is 36.9 Å². The molecule has 6 rings (SSSR count). The van der Waals surface area contributed by atoms with E-state index in [1.165, 1.54) is 36.4 Å². The van der Waals surface area contributed by atoms with Crippen molar-refractivity contribution in [3.05, 3.63) is 109 Å². The van der Waals surface area contributed by atoms with Crippen molar-refractivity contribution in [3.8, 4) is 5.69 Å². The number of nitrogens with two attached hydrogens (primary N) is 1. The molecule has 1 heterocycles. The maximum atomic E-state index is 11.8. The first-order valence-corrected chi connectivity index (χ1v) is 19.2. The van der Waals surface area contributed by atoms with E-state index in [-0.39, 0.29) is 15.5 Å². The average molecular weight is 737 g/mol. The van der Waals surface area contributed by atoms with Crippen LogP contribution < -0.4 is 20.5 Å². The second kappa shape index (κ2) is 12.9. The van der Waals surface area contributed by atoms with E-state index in [9.17, 15) is 38.9 Å². The van der Waals surface area contributed by atoms with Crippen LogP contribution in [0.4, 0.5) is 22.7 Å². The highest BCUT2D eigenvalue weighted by molar-refractivity contribution is 7.86. The molecule has 0 aliphatic rings. The first kappa shape index (κ1) is 34.7. The minimum atomic E-state index is -4.58. The van der Waals surface area contributed by atoms with E-state index >= 15 is 0 Å². The number of hydrogen-bond donors (Lipinski definition) is 5. The molecule has 258 valence electrons. The molecule has 0 bridgehead atoms. The zero-order valence-corrected chi connectivity index (χ0v) is 28.6. The molecule has 0 aliphatic heterocycles. The lowest BCUT2D eigenvalue weighted by Crippen LogP contribution is -2.33. The van der Waals surface area contributed by atoms with Gasteiger partial charge < -0.3 is 16.0 Å². The topological polar surface area (TPSA) is 221 Å². The lowest BCUT2D eigenvalue weighted by Gasteiger charge is -2.23. The minimum Gasteiger partial charge on any atom is -0.398 e. The Morgan fingerprint density at radius 3 is 1.80 bits per heavy atom. The molecular weight excluding hydrogens is 707 g/mol. The first-order chi connectivity index (χ1) is 23.5. The molecule has 50 heavy (non-hydrogen) atoms. The number of anilines is 4. The normalized spacial score (nSPS) is 12.3. The SMILES string of the molecule is CCN(Cc1ccc(S(=O)(=O)O)cc1)c1ccc2nc3ccc(Nc4ccc(N)c(S(=O)(=O)O)c4)cc3[n+](-c3ccc(S(=O)(=O)O)cc3)c2c1. The zero-order valence-electron chi connectivity index (χ0n) is 26.2. The van der Waals surface area contributed by atoms with E-state index in [0.717, 1.165) is 11.3 Å². The van der Waals surface area contributed by atoms with Gasteiger partial charge in [-0.2, -0.15) is 25.3 Å². The second-order valence-corrected chi connectivity index (χ2v) is 15.5. The summed E-state index contributed by atoms with van der Waals surface area (Å²) in [5.74, 6) is 0. The highest BCUT2D eigenvalue weighted by Crippen LogP contribution is 2.29. The van der Waals surface area contributed by atoms with Crippen LogP contribution in [0.1, 0.15) is 12.5 Å². The second-order valence-electron chi connectivity index (χ2n) is 11.3. The van der Waals surface area contributed by atoms with Crippen molar-refractivity contribution >= 4 is 75.2 Å². The van der Waals surface area contributed by atoms with E-state index in [2.05, 4.69) is 5.32 Å². The molecule has 6 aromatic rings. The summed E-state index contributed by atoms with van der Waals surface area (Å²) in [6.07, 6.45) is 0. The molecule has 0 saturated carbocycles. The van der Waals surface area contributed by atoms with Crippen molar-refractivity contribution in [1.29, 1.82) is 0 Å². The van der Waals surface area contributed by atoms with Crippen LogP contribution in [0.3, 0.4) is 0 Å². The fourth-order valence-corrected chi connectivity index (χ4v) is 7.14. The number of nitrogens with zero attached hydrogens (tertiary/aromatic N) is 3. The molecule has 1 aromatic heterocycles. The number of aromatic nitrogens is 2. The molecule has 6 N–H and O–H groups in total. The van der Waals surface area contributed by atoms with E-state index in [0.29, 0.717) is 52.2 Å². The van der Waals surface area contributed by atoms with E-state index < -0.39 is 35.2 Å². The highest BCUT2D eigenvalue weighted by Gasteiger charge is 2.23. The van der Waals surface area contributed by atoms with Gasteiger partial charge in [-0.25, -0.2) is 4.98 Å². The van der Waals surface area contributed by atoms with Gasteiger partial charge in [-0.05, 0) is 79.2 Å². The van der Waals surface area contributed by atoms with Crippen LogP contribution in [0.25, 0.3) is 27.8 Å². The van der Waals surface area contributed by atoms with Crippen molar-refractivity contribution in [2.24, 2.45) is 0 Å². The molecule has 17 heteroatoms. The van der Waals surface area contributed by atoms with Crippen LogP contribution in [0, 0.1) is 0 Å². The fraction of sp³-hybridized carbons (Fsp3) is 0.0909. The van der Waals surface area contributed by atoms with Crippen molar-refractivity contribution in [3.63, 3.8) is 0 Å². The van der Waals surface area contributed by atoms with Gasteiger partial charge in [0.25, 0.3) is 30.4 Å². The summed E-state index contributed by atoms with van der Waals surface area (Å²) in [6, 6.07) is 26.6. The van der Waals surface area contributed by atoms with Crippen molar-refractivity contribution in [1.82, 2.24) is 4.98 Å². The number of hydrogen-bond acceptors (Lipinski definition) is 10. The van der Waals surface area contributed by atoms with E-state index in [4.69, 9.17) is 10.7 Å². The third-order valence-corrected chi connectivity index (χ3v) is 10.6. The molecule has 14 nitrogen and oxygen atoms in total. The number of benzene rings is 5. The number of fused-ring (bicyclic) bond motifs is 2. The fourth-order valence-electron chi connectivity index (χ4n) is 5.54. The molecule has 0 aliphatic carbocycles. The van der Waals surface area contributed by atoms with E-state index in [1.807, 2.05) is 34.6 Å². The van der Waals surface area contributed by atoms with Gasteiger partial charge in [0.1, 0.15) is 15.9 Å². The number of rotatable bonds is 10. The van der Waals surface area contributed by atoms with Gasteiger partial charge in [0.05, 0.1) is 15.5 Å². The van der Waals surface area contributed by atoms with Crippen LogP contribution in [-0.4, -0.2) is 50.4 Å². The summed E-state index contributed by atoms with van der Waals surface area (Å²) in [4.78, 5) is 5.95. The molecule has 0 amide bonds. The third kappa shape index (κ3) is 7.23. The molecule has 0 radical (unpaired) electrons. The van der Waals surface area contributed by atoms with Gasteiger partial charge in [0.15, 0.2) is 0 Å². The van der Waals surface area contributed by atoms with Gasteiger partial charge in [-0.1, -0.05) is 12.1 Å². The summed E-state index contributed by atoms with van der Waals surface area (Å²) in [5, 5.41) is 3.12. The Kier molecular flexibility index (Phi) is 8.98. The zero-order chi connectivity index (χ0) is 36.0. The first-order valence-electron chi connectivity index (χ1n) is 14.8. The van der Waals surface area contributed by atoms with Crippen LogP contribution in [0.2, 0.25) is 0 Å². The highest BCUT2D eigenvalue weighted by atomic mass is 32.2. The van der Waals surface area contributed by atoms with Gasteiger partial charge in [0.2, 0.25) is 16.7 Å². The summed E-state index contributed by atoms with van der Waals surface area (Å²) < 4.78 is 101. The molecule has 0 fully saturated rings. The maximum Gasteiger partial charge on any atom is 0.296 e. The number of nitrogen functional groups attached to an aromatic ring is 1. The van der Waals surface area contributed by atoms with Gasteiger partial charge >= 0.3 is 0 Å². The lowest BCUT2D eigenvalue weighted by atomic mass is 10.1. The summed E-state index contributed by atoms with van der Waals surface area (Å²) in [5.41, 5.74) is 11.0. The molecule has 0 atom stereocenters. The lowest BCUT2D eigenvalue weighted by molar-refractivity contribution is -0.538. The monoisotopic (exact) mass is 736 g/mol. The Morgan fingerprint density at radius 1 is 0.680 bits per heavy atom. The standard InChI is InChI=1S/C33H29N5O9S3/c1-2-37(20-21-3-10-26(11-4-21)48(39,40)41)25-9-16-30-32(19-25)38(24-7-12-27(13-8-24)49(42,43)44)31-17-22(6-15-29(31)36-30)35-23-5-14-28(34)33(18-23)50(45,46)47/h3-19H,2,20H2,1H3,(H5,34,36,39,40,41,42,43,44,45,46,47)/p+1. The maximum absolute atomic E-state index is 11.8. The Balaban J connectivity index is 1.49. The van der Waals surface area contributed by atoms with Crippen LogP contribution in [0.15, 0.2) is 118 Å². The van der Waals surface area contributed by atoms with Gasteiger partial charge in [-0.15, -0.1) is 4.57 Å². The van der Waals surface area contributed by atoms with Crippen molar-refractivity contribution in [2.45, 2.75) is 28.2 Å². The predicted octanol–water partition coefficient (Wildman–Crippen LogP) is 4.76. The van der Waals surface area contributed by atoms with Crippen molar-refractivity contribution < 1.29 is 43.5 Å². The largest absolute Gasteiger partial charge is 0.398 e. The Labute approximate surface area is 287 Å². The molecule has 5 aromatic carbocycles. The predicted molar refractivity (Wildman–Crippen MR) is 188 cm³/mol. The average Bonchev–Trinajstić information content (AvgIpc) is 3.06. The quantitative estimate of drug-likeness (QED) is 0.0555. The van der Waals surface area contributed by atoms with Crippen LogP contribution >= 0.6 is 0 Å². The molecule has 0 unspecified atom stereocenters. The summed E-state index contributed by atoms with van der Waals surface area (Å²) in [7, 11) is -13.4. The van der Waals surface area contributed by atoms with Gasteiger partial charge in [0, 0.05) is 54.4 Å². The third-order valence-electron chi connectivity index (χ3n) is 7.97. The smallest absolute Gasteiger partial charge is 0.296 e. The van der Waals surface area contributed by atoms with E-state index in [1.54, 1.807) is 48.5 Å². The summed E-state index contributed by atoms with van der Waals surface area (Å²) in [6.45, 7) is 2.93. The Morgan fingerprint density at radius 2 is 1.22 bits per heavy atom. The molecule has 0 spiro atoms. The summed E-state index contributed by atoms with van der Waals surface area (Å²) >= 11 is 0. The molecular formula is C33H30N5O9S3+. The van der Waals surface area contributed by atoms with Crippen LogP contribution in [0.5, 0.6) is 0 Å². The Bertz CT molecular complexity index is 2620. The van der Waals surface area contributed by atoms with Crippen molar-refractivity contribution in [2.75, 3.05) is 22.5 Å².